The summed E-state index contributed by atoms with van der Waals surface area (Å²) < 4.78 is 58.3. The lowest BCUT2D eigenvalue weighted by Gasteiger charge is -2.41. The molecule has 3 aromatic rings. The van der Waals surface area contributed by atoms with Crippen LogP contribution >= 0.6 is 11.6 Å². The van der Waals surface area contributed by atoms with Gasteiger partial charge in [0, 0.05) is 103 Å². The summed E-state index contributed by atoms with van der Waals surface area (Å²) in [6.45, 7) is 2.24. The normalized spacial score (nSPS) is 24.6. The highest BCUT2D eigenvalue weighted by atomic mass is 35.5. The van der Waals surface area contributed by atoms with Crippen LogP contribution in [0.25, 0.3) is 0 Å². The van der Waals surface area contributed by atoms with Crippen LogP contribution in [0.2, 0.25) is 5.28 Å². The number of carbonyl (C=O) groups is 2. The SMILES string of the molecule is CN1C[C@@H](Nc2nc(Cl)nc3c2S(=O)CC3)CCC1=O.COC1(c2cc(F)cc(F)c2)CCN(c2nc3c(c(N[C@H]4CCC(=O)N(C)C4)n2)S(=O)CC3)CC1. The van der Waals surface area contributed by atoms with Gasteiger partial charge in [-0.25, -0.2) is 18.7 Å². The van der Waals surface area contributed by atoms with Crippen molar-refractivity contribution in [1.82, 2.24) is 29.7 Å². The molecule has 5 aliphatic rings. The second-order valence-electron chi connectivity index (χ2n) is 14.5. The largest absolute Gasteiger partial charge is 0.373 e. The first-order valence-corrected chi connectivity index (χ1v) is 21.4. The number of anilines is 3. The molecule has 4 atom stereocenters. The predicted molar refractivity (Wildman–Crippen MR) is 204 cm³/mol. The fourth-order valence-electron chi connectivity index (χ4n) is 7.83. The summed E-state index contributed by atoms with van der Waals surface area (Å²) in [5.74, 6) is 1.78. The van der Waals surface area contributed by atoms with Crippen LogP contribution in [0.15, 0.2) is 28.0 Å². The number of methoxy groups -OCH3 is 1. The third kappa shape index (κ3) is 8.46. The van der Waals surface area contributed by atoms with Crippen LogP contribution in [0.3, 0.4) is 0 Å². The maximum Gasteiger partial charge on any atom is 0.227 e. The van der Waals surface area contributed by atoms with Gasteiger partial charge < -0.3 is 30.1 Å². The Morgan fingerprint density at radius 3 is 1.80 bits per heavy atom. The fourth-order valence-corrected chi connectivity index (χ4v) is 10.6. The summed E-state index contributed by atoms with van der Waals surface area (Å²) in [5, 5.41) is 6.89. The van der Waals surface area contributed by atoms with E-state index in [0.29, 0.717) is 116 Å². The van der Waals surface area contributed by atoms with Gasteiger partial charge in [0.25, 0.3) is 0 Å². The number of halogens is 3. The molecule has 2 aromatic heterocycles. The summed E-state index contributed by atoms with van der Waals surface area (Å²) >= 11 is 5.92. The highest BCUT2D eigenvalue weighted by molar-refractivity contribution is 7.85. The van der Waals surface area contributed by atoms with Crippen LogP contribution < -0.4 is 15.5 Å². The van der Waals surface area contributed by atoms with Crippen LogP contribution in [0.5, 0.6) is 0 Å². The highest BCUT2D eigenvalue weighted by Gasteiger charge is 2.39. The maximum atomic E-state index is 13.9. The van der Waals surface area contributed by atoms with E-state index in [-0.39, 0.29) is 29.2 Å². The highest BCUT2D eigenvalue weighted by Crippen LogP contribution is 2.39. The third-order valence-corrected chi connectivity index (χ3v) is 14.0. The number of aromatic nitrogens is 4. The van der Waals surface area contributed by atoms with E-state index in [1.54, 1.807) is 31.0 Å². The number of piperidine rings is 3. The van der Waals surface area contributed by atoms with E-state index in [1.165, 1.54) is 12.1 Å². The molecule has 2 amide bonds. The summed E-state index contributed by atoms with van der Waals surface area (Å²) in [6.07, 6.45) is 4.71. The molecule has 0 saturated carbocycles. The Balaban J connectivity index is 0.000000197. The number of hydrogen-bond donors (Lipinski definition) is 2. The number of carbonyl (C=O) groups excluding carboxylic acids is 2. The molecule has 0 bridgehead atoms. The van der Waals surface area contributed by atoms with Crippen molar-refractivity contribution in [1.29, 1.82) is 0 Å². The van der Waals surface area contributed by atoms with E-state index >= 15 is 0 Å². The number of nitrogens with zero attached hydrogens (tertiary/aromatic N) is 7. The van der Waals surface area contributed by atoms with E-state index in [4.69, 9.17) is 26.3 Å². The lowest BCUT2D eigenvalue weighted by molar-refractivity contribution is -0.132. The number of fused-ring (bicyclic) bond motifs is 2. The molecule has 0 spiro atoms. The monoisotopic (exact) mass is 819 g/mol. The van der Waals surface area contributed by atoms with Gasteiger partial charge >= 0.3 is 0 Å². The van der Waals surface area contributed by atoms with E-state index in [9.17, 15) is 26.8 Å². The molecule has 55 heavy (non-hydrogen) atoms. The van der Waals surface area contributed by atoms with Gasteiger partial charge in [-0.15, -0.1) is 0 Å². The number of rotatable bonds is 7. The van der Waals surface area contributed by atoms with Crippen LogP contribution in [0, 0.1) is 11.6 Å². The Morgan fingerprint density at radius 1 is 0.782 bits per heavy atom. The zero-order valence-corrected chi connectivity index (χ0v) is 33.3. The summed E-state index contributed by atoms with van der Waals surface area (Å²) in [7, 11) is 2.90. The van der Waals surface area contributed by atoms with Crippen molar-refractivity contribution in [2.24, 2.45) is 0 Å². The van der Waals surface area contributed by atoms with Crippen molar-refractivity contribution in [2.45, 2.75) is 78.8 Å². The van der Waals surface area contributed by atoms with E-state index in [1.807, 2.05) is 4.90 Å². The topological polar surface area (TPSA) is 163 Å². The standard InChI is InChI=1S/C24H29F2N5O3S.C12H15ClN4O2S/c1-30-14-18(3-4-20(30)32)27-22-21-19(5-10-35(21)33)28-23(29-22)31-8-6-24(34-2,7-9-31)15-11-16(25)13-17(26)12-15;1-17-6-7(2-3-9(17)18)14-11-10-8(4-5-20(10)19)15-12(13)16-11/h11-13,18H,3-10,14H2,1-2H3,(H,27,28,29);7H,2-6H2,1H3,(H,14,15,16)/t18-,35?;7-,20?/m00/s1. The van der Waals surface area contributed by atoms with Gasteiger partial charge in [-0.2, -0.15) is 9.97 Å². The third-order valence-electron chi connectivity index (χ3n) is 10.9. The minimum Gasteiger partial charge on any atom is -0.373 e. The van der Waals surface area contributed by atoms with Gasteiger partial charge in [0.1, 0.15) is 33.1 Å². The average Bonchev–Trinajstić information content (AvgIpc) is 3.72. The molecule has 19 heteroatoms. The van der Waals surface area contributed by atoms with Gasteiger partial charge in [-0.3, -0.25) is 18.0 Å². The number of likely N-dealkylation sites (tertiary alicyclic amines) is 2. The first kappa shape index (κ1) is 39.4. The average molecular weight is 820 g/mol. The number of hydrogen-bond acceptors (Lipinski definition) is 12. The second kappa shape index (κ2) is 16.3. The molecular weight excluding hydrogens is 776 g/mol. The maximum absolute atomic E-state index is 13.9. The molecular formula is C36H44ClF2N9O5S2. The summed E-state index contributed by atoms with van der Waals surface area (Å²) in [4.78, 5) is 48.0. The molecule has 3 saturated heterocycles. The van der Waals surface area contributed by atoms with Crippen molar-refractivity contribution in [3.05, 3.63) is 52.1 Å². The first-order valence-electron chi connectivity index (χ1n) is 18.3. The molecule has 2 N–H and O–H groups in total. The fraction of sp³-hybridized carbons (Fsp3) is 0.556. The summed E-state index contributed by atoms with van der Waals surface area (Å²) in [6, 6.07) is 3.64. The van der Waals surface area contributed by atoms with Crippen LogP contribution in [-0.2, 0) is 54.4 Å². The van der Waals surface area contributed by atoms with Gasteiger partial charge in [0.15, 0.2) is 0 Å². The summed E-state index contributed by atoms with van der Waals surface area (Å²) in [5.41, 5.74) is 1.25. The minimum atomic E-state index is -1.16. The van der Waals surface area contributed by atoms with Crippen molar-refractivity contribution in [3.63, 3.8) is 0 Å². The Hall–Kier alpha value is -3.87. The number of nitrogens with one attached hydrogen (secondary N) is 2. The van der Waals surface area contributed by atoms with Gasteiger partial charge in [0.2, 0.25) is 23.0 Å². The van der Waals surface area contributed by atoms with Crippen LogP contribution in [0.1, 0.15) is 55.5 Å². The first-order chi connectivity index (χ1) is 26.3. The van der Waals surface area contributed by atoms with Crippen molar-refractivity contribution in [2.75, 3.05) is 74.4 Å². The lowest BCUT2D eigenvalue weighted by atomic mass is 9.84. The molecule has 1 aromatic carbocycles. The Labute approximate surface area is 328 Å². The van der Waals surface area contributed by atoms with Crippen LogP contribution in [-0.4, -0.2) is 121 Å². The zero-order valence-electron chi connectivity index (χ0n) is 30.9. The Morgan fingerprint density at radius 2 is 1.29 bits per heavy atom. The van der Waals surface area contributed by atoms with E-state index in [0.717, 1.165) is 23.9 Å². The molecule has 0 aliphatic carbocycles. The molecule has 14 nitrogen and oxygen atoms in total. The minimum absolute atomic E-state index is 0.0209. The van der Waals surface area contributed by atoms with Gasteiger partial charge in [-0.1, -0.05) is 0 Å². The van der Waals surface area contributed by atoms with E-state index in [2.05, 4.69) is 20.6 Å². The predicted octanol–water partition coefficient (Wildman–Crippen LogP) is 3.42. The lowest BCUT2D eigenvalue weighted by Crippen LogP contribution is -2.45. The Bertz CT molecular complexity index is 2020. The molecule has 0 radical (unpaired) electrons. The molecule has 7 heterocycles. The number of amides is 2. The second-order valence-corrected chi connectivity index (χ2v) is 17.9. The molecule has 8 rings (SSSR count). The molecule has 3 fully saturated rings. The van der Waals surface area contributed by atoms with Crippen LogP contribution in [0.4, 0.5) is 26.4 Å². The molecule has 5 aliphatic heterocycles. The quantitative estimate of drug-likeness (QED) is 0.335. The van der Waals surface area contributed by atoms with E-state index < -0.39 is 38.8 Å². The van der Waals surface area contributed by atoms with Crippen molar-refractivity contribution >= 4 is 62.6 Å². The molecule has 2 unspecified atom stereocenters. The van der Waals surface area contributed by atoms with Gasteiger partial charge in [-0.05, 0) is 55.0 Å². The number of benzene rings is 1. The van der Waals surface area contributed by atoms with Gasteiger partial charge in [0.05, 0.1) is 38.6 Å². The number of ether oxygens (including phenoxy) is 1. The Kier molecular flexibility index (Phi) is 11.7. The smallest absolute Gasteiger partial charge is 0.227 e. The van der Waals surface area contributed by atoms with Crippen molar-refractivity contribution in [3.8, 4) is 0 Å². The zero-order chi connectivity index (χ0) is 39.0. The van der Waals surface area contributed by atoms with Crippen molar-refractivity contribution < 1.29 is 31.5 Å². The molecule has 296 valence electrons. The number of likely N-dealkylation sites (N-methyl/N-ethyl adjacent to an activating group) is 2. The number of aryl methyl sites for hydroxylation is 2.